The van der Waals surface area contributed by atoms with Crippen molar-refractivity contribution in [1.29, 1.82) is 0 Å². The van der Waals surface area contributed by atoms with Gasteiger partial charge in [-0.3, -0.25) is 4.79 Å². The highest BCUT2D eigenvalue weighted by atomic mass is 127. The zero-order chi connectivity index (χ0) is 18.5. The van der Waals surface area contributed by atoms with E-state index >= 15 is 0 Å². The Hall–Kier alpha value is -2.11. The van der Waals surface area contributed by atoms with Crippen molar-refractivity contribution in [3.05, 3.63) is 35.8 Å². The summed E-state index contributed by atoms with van der Waals surface area (Å²) >= 11 is 0. The lowest BCUT2D eigenvalue weighted by molar-refractivity contribution is 0.0657. The zero-order valence-corrected chi connectivity index (χ0v) is 18.2. The van der Waals surface area contributed by atoms with Crippen LogP contribution in [0.5, 0.6) is 0 Å². The molecule has 0 aliphatic carbocycles. The summed E-state index contributed by atoms with van der Waals surface area (Å²) in [7, 11) is 1.94. The summed E-state index contributed by atoms with van der Waals surface area (Å²) in [5, 5.41) is 11.5. The minimum atomic E-state index is -0.0638. The molecule has 0 spiro atoms. The fourth-order valence-electron chi connectivity index (χ4n) is 2.84. The minimum absolute atomic E-state index is 0. The van der Waals surface area contributed by atoms with Crippen molar-refractivity contribution in [3.63, 3.8) is 0 Å². The van der Waals surface area contributed by atoms with Gasteiger partial charge in [-0.05, 0) is 26.0 Å². The summed E-state index contributed by atoms with van der Waals surface area (Å²) in [5.41, 5.74) is 0. The second-order valence-electron chi connectivity index (χ2n) is 6.15. The molecular weight excluding hydrogens is 461 g/mol. The number of aliphatic imine (C=N–C) groups is 1. The molecule has 10 heteroatoms. The maximum atomic E-state index is 12.4. The van der Waals surface area contributed by atoms with E-state index in [1.54, 1.807) is 12.1 Å². The first-order chi connectivity index (χ1) is 12.6. The summed E-state index contributed by atoms with van der Waals surface area (Å²) < 4.78 is 7.14. The maximum absolute atomic E-state index is 12.4. The van der Waals surface area contributed by atoms with E-state index < -0.39 is 0 Å². The number of carbonyl (C=O) groups is 1. The third kappa shape index (κ3) is 4.99. The van der Waals surface area contributed by atoms with Crippen molar-refractivity contribution in [3.8, 4) is 0 Å². The number of hydrogen-bond acceptors (Lipinski definition) is 5. The van der Waals surface area contributed by atoms with Crippen LogP contribution >= 0.6 is 24.0 Å². The van der Waals surface area contributed by atoms with E-state index in [1.807, 2.05) is 30.4 Å². The molecule has 1 aliphatic rings. The molecule has 3 rings (SSSR count). The number of rotatable bonds is 4. The van der Waals surface area contributed by atoms with Crippen molar-refractivity contribution >= 4 is 35.8 Å². The lowest BCUT2D eigenvalue weighted by atomic mass is 10.3. The highest BCUT2D eigenvalue weighted by Gasteiger charge is 2.25. The van der Waals surface area contributed by atoms with Crippen LogP contribution in [0.3, 0.4) is 0 Å². The average molecular weight is 487 g/mol. The summed E-state index contributed by atoms with van der Waals surface area (Å²) in [4.78, 5) is 21.0. The van der Waals surface area contributed by atoms with Crippen molar-refractivity contribution in [1.82, 2.24) is 29.9 Å². The quantitative estimate of drug-likeness (QED) is 0.397. The Labute approximate surface area is 175 Å². The first kappa shape index (κ1) is 21.2. The normalized spacial score (nSPS) is 14.9. The Morgan fingerprint density at radius 3 is 2.52 bits per heavy atom. The standard InChI is InChI=1S/C17H25N7O2.HI/c1-4-18-17(19-12-15-21-20-13(2)22(15)3)24-9-7-23(8-10-24)16(25)14-6-5-11-26-14;/h5-6,11H,4,7-10,12H2,1-3H3,(H,18,19);1H. The number of amides is 1. The van der Waals surface area contributed by atoms with Crippen molar-refractivity contribution in [2.75, 3.05) is 32.7 Å². The van der Waals surface area contributed by atoms with Gasteiger partial charge in [-0.25, -0.2) is 4.99 Å². The summed E-state index contributed by atoms with van der Waals surface area (Å²) in [6, 6.07) is 3.43. The number of carbonyl (C=O) groups excluding carboxylic acids is 1. The molecular formula is C17H26IN7O2. The van der Waals surface area contributed by atoms with E-state index in [0.717, 1.165) is 37.2 Å². The zero-order valence-electron chi connectivity index (χ0n) is 15.9. The number of guanidine groups is 1. The van der Waals surface area contributed by atoms with Gasteiger partial charge >= 0.3 is 0 Å². The van der Waals surface area contributed by atoms with Crippen LogP contribution in [-0.4, -0.2) is 69.2 Å². The van der Waals surface area contributed by atoms with Crippen molar-refractivity contribution < 1.29 is 9.21 Å². The number of nitrogens with zero attached hydrogens (tertiary/aromatic N) is 6. The van der Waals surface area contributed by atoms with E-state index in [-0.39, 0.29) is 29.9 Å². The van der Waals surface area contributed by atoms with Crippen LogP contribution in [0.25, 0.3) is 0 Å². The predicted octanol–water partition coefficient (Wildman–Crippen LogP) is 1.26. The van der Waals surface area contributed by atoms with Crippen LogP contribution in [0.1, 0.15) is 29.1 Å². The maximum Gasteiger partial charge on any atom is 0.289 e. The Morgan fingerprint density at radius 2 is 1.96 bits per heavy atom. The fraction of sp³-hybridized carbons (Fsp3) is 0.529. The molecule has 1 saturated heterocycles. The van der Waals surface area contributed by atoms with Crippen LogP contribution in [0, 0.1) is 6.92 Å². The largest absolute Gasteiger partial charge is 0.459 e. The van der Waals surface area contributed by atoms with Gasteiger partial charge in [0.25, 0.3) is 5.91 Å². The Bertz CT molecular complexity index is 764. The van der Waals surface area contributed by atoms with Crippen molar-refractivity contribution in [2.45, 2.75) is 20.4 Å². The average Bonchev–Trinajstić information content (AvgIpc) is 3.30. The molecule has 1 fully saturated rings. The Morgan fingerprint density at radius 1 is 1.26 bits per heavy atom. The molecule has 0 radical (unpaired) electrons. The van der Waals surface area contributed by atoms with Crippen LogP contribution < -0.4 is 5.32 Å². The molecule has 0 bridgehead atoms. The van der Waals surface area contributed by atoms with E-state index in [1.165, 1.54) is 6.26 Å². The fourth-order valence-corrected chi connectivity index (χ4v) is 2.84. The van der Waals surface area contributed by atoms with Gasteiger partial charge in [0, 0.05) is 39.8 Å². The molecule has 1 aliphatic heterocycles. The van der Waals surface area contributed by atoms with E-state index in [9.17, 15) is 4.79 Å². The molecule has 27 heavy (non-hydrogen) atoms. The molecule has 0 saturated carbocycles. The van der Waals surface area contributed by atoms with Crippen LogP contribution in [0.2, 0.25) is 0 Å². The Kier molecular flexibility index (Phi) is 7.63. The molecule has 0 aromatic carbocycles. The molecule has 1 N–H and O–H groups in total. The lowest BCUT2D eigenvalue weighted by Crippen LogP contribution is -2.53. The number of aromatic nitrogens is 3. The molecule has 0 atom stereocenters. The molecule has 2 aromatic heterocycles. The highest BCUT2D eigenvalue weighted by molar-refractivity contribution is 14.0. The minimum Gasteiger partial charge on any atom is -0.459 e. The van der Waals surface area contributed by atoms with Gasteiger partial charge in [0.15, 0.2) is 17.5 Å². The molecule has 0 unspecified atom stereocenters. The van der Waals surface area contributed by atoms with Gasteiger partial charge in [0.1, 0.15) is 12.4 Å². The third-order valence-corrected chi connectivity index (χ3v) is 4.49. The first-order valence-corrected chi connectivity index (χ1v) is 8.81. The second kappa shape index (κ2) is 9.72. The van der Waals surface area contributed by atoms with Crippen LogP contribution in [0.4, 0.5) is 0 Å². The van der Waals surface area contributed by atoms with Gasteiger partial charge in [0.2, 0.25) is 0 Å². The Balaban J connectivity index is 0.00000261. The lowest BCUT2D eigenvalue weighted by Gasteiger charge is -2.36. The number of halogens is 1. The van der Waals surface area contributed by atoms with Gasteiger partial charge in [-0.15, -0.1) is 34.2 Å². The molecule has 148 valence electrons. The molecule has 9 nitrogen and oxygen atoms in total. The monoisotopic (exact) mass is 487 g/mol. The molecule has 1 amide bonds. The predicted molar refractivity (Wildman–Crippen MR) is 112 cm³/mol. The highest BCUT2D eigenvalue weighted by Crippen LogP contribution is 2.10. The number of furan rings is 1. The van der Waals surface area contributed by atoms with Crippen LogP contribution in [0.15, 0.2) is 27.8 Å². The smallest absolute Gasteiger partial charge is 0.289 e. The summed E-state index contributed by atoms with van der Waals surface area (Å²) in [6.07, 6.45) is 1.52. The molecule has 2 aromatic rings. The third-order valence-electron chi connectivity index (χ3n) is 4.49. The van der Waals surface area contributed by atoms with Gasteiger partial charge in [0.05, 0.1) is 6.26 Å². The van der Waals surface area contributed by atoms with Crippen LogP contribution in [-0.2, 0) is 13.6 Å². The number of nitrogens with one attached hydrogen (secondary N) is 1. The summed E-state index contributed by atoms with van der Waals surface area (Å²) in [5.74, 6) is 2.84. The summed E-state index contributed by atoms with van der Waals surface area (Å²) in [6.45, 7) is 7.90. The second-order valence-corrected chi connectivity index (χ2v) is 6.15. The van der Waals surface area contributed by atoms with Gasteiger partial charge < -0.3 is 24.1 Å². The molecule has 3 heterocycles. The first-order valence-electron chi connectivity index (χ1n) is 8.81. The topological polar surface area (TPSA) is 91.8 Å². The van der Waals surface area contributed by atoms with E-state index in [2.05, 4.69) is 25.4 Å². The number of piperazine rings is 1. The number of aryl methyl sites for hydroxylation is 1. The van der Waals surface area contributed by atoms with Gasteiger partial charge in [-0.1, -0.05) is 0 Å². The number of hydrogen-bond donors (Lipinski definition) is 1. The van der Waals surface area contributed by atoms with E-state index in [0.29, 0.717) is 25.4 Å². The van der Waals surface area contributed by atoms with E-state index in [4.69, 9.17) is 4.42 Å². The van der Waals surface area contributed by atoms with Gasteiger partial charge in [-0.2, -0.15) is 0 Å². The van der Waals surface area contributed by atoms with Crippen molar-refractivity contribution in [2.24, 2.45) is 12.0 Å². The SMILES string of the molecule is CCNC(=NCc1nnc(C)n1C)N1CCN(C(=O)c2ccco2)CC1.I.